The van der Waals surface area contributed by atoms with Gasteiger partial charge >= 0.3 is 0 Å². The predicted molar refractivity (Wildman–Crippen MR) is 138 cm³/mol. The number of aromatic nitrogens is 3. The van der Waals surface area contributed by atoms with E-state index >= 15 is 0 Å². The molecular formula is C25H35N5O5S. The fourth-order valence-electron chi connectivity index (χ4n) is 4.70. The van der Waals surface area contributed by atoms with Crippen LogP contribution in [-0.2, 0) is 16.4 Å². The monoisotopic (exact) mass is 517 g/mol. The van der Waals surface area contributed by atoms with Gasteiger partial charge in [-0.3, -0.25) is 4.79 Å². The predicted octanol–water partition coefficient (Wildman–Crippen LogP) is 2.04. The molecule has 0 radical (unpaired) electrons. The SMILES string of the molecule is CCCc1cc(C)c2c(=O)[nH]c(-c3cc(S(=O)(=O)N4CCN(CCCO)CC4)ccc3OCC)nn12. The molecule has 0 saturated carbocycles. The van der Waals surface area contributed by atoms with E-state index in [1.54, 1.807) is 22.7 Å². The third kappa shape index (κ3) is 5.19. The highest BCUT2D eigenvalue weighted by Crippen LogP contribution is 2.32. The van der Waals surface area contributed by atoms with Gasteiger partial charge in [0.05, 0.1) is 17.1 Å². The zero-order chi connectivity index (χ0) is 25.9. The maximum absolute atomic E-state index is 13.5. The number of rotatable bonds is 10. The summed E-state index contributed by atoms with van der Waals surface area (Å²) < 4.78 is 36.0. The maximum Gasteiger partial charge on any atom is 0.275 e. The summed E-state index contributed by atoms with van der Waals surface area (Å²) in [7, 11) is -3.76. The quantitative estimate of drug-likeness (QED) is 0.422. The number of hydrogen-bond acceptors (Lipinski definition) is 7. The Morgan fingerprint density at radius 3 is 2.56 bits per heavy atom. The van der Waals surface area contributed by atoms with E-state index in [4.69, 9.17) is 14.9 Å². The Kier molecular flexibility index (Phi) is 8.13. The van der Waals surface area contributed by atoms with Crippen LogP contribution >= 0.6 is 0 Å². The van der Waals surface area contributed by atoms with Gasteiger partial charge in [0.25, 0.3) is 5.56 Å². The summed E-state index contributed by atoms with van der Waals surface area (Å²) in [5.41, 5.74) is 2.40. The molecular weight excluding hydrogens is 482 g/mol. The Hall–Kier alpha value is -2.73. The molecule has 1 aliphatic rings. The Balaban J connectivity index is 1.73. The van der Waals surface area contributed by atoms with Crippen molar-refractivity contribution in [3.8, 4) is 17.1 Å². The van der Waals surface area contributed by atoms with Gasteiger partial charge in [0.15, 0.2) is 5.82 Å². The zero-order valence-electron chi connectivity index (χ0n) is 21.2. The second-order valence-electron chi connectivity index (χ2n) is 9.05. The smallest absolute Gasteiger partial charge is 0.275 e. The minimum Gasteiger partial charge on any atom is -0.493 e. The Labute approximate surface area is 211 Å². The summed E-state index contributed by atoms with van der Waals surface area (Å²) in [5.74, 6) is 0.712. The third-order valence-electron chi connectivity index (χ3n) is 6.50. The van der Waals surface area contributed by atoms with Crippen LogP contribution in [0.4, 0.5) is 0 Å². The number of ether oxygens (including phenoxy) is 1. The number of aliphatic hydroxyl groups is 1. The lowest BCUT2D eigenvalue weighted by atomic mass is 10.2. The number of nitrogens with one attached hydrogen (secondary N) is 1. The minimum atomic E-state index is -3.76. The van der Waals surface area contributed by atoms with Crippen molar-refractivity contribution in [1.82, 2.24) is 23.8 Å². The summed E-state index contributed by atoms with van der Waals surface area (Å²) in [6.07, 6.45) is 2.34. The van der Waals surface area contributed by atoms with Crippen molar-refractivity contribution in [1.29, 1.82) is 0 Å². The number of aliphatic hydroxyl groups excluding tert-OH is 1. The van der Waals surface area contributed by atoms with Gasteiger partial charge < -0.3 is 19.7 Å². The first-order valence-electron chi connectivity index (χ1n) is 12.5. The second kappa shape index (κ2) is 11.1. The van der Waals surface area contributed by atoms with Gasteiger partial charge in [0, 0.05) is 45.0 Å². The van der Waals surface area contributed by atoms with E-state index in [1.165, 1.54) is 4.31 Å². The first-order chi connectivity index (χ1) is 17.3. The van der Waals surface area contributed by atoms with Crippen LogP contribution < -0.4 is 10.3 Å². The lowest BCUT2D eigenvalue weighted by molar-refractivity contribution is 0.171. The zero-order valence-corrected chi connectivity index (χ0v) is 22.0. The number of sulfonamides is 1. The average molecular weight is 518 g/mol. The number of aromatic amines is 1. The molecule has 4 rings (SSSR count). The average Bonchev–Trinajstić information content (AvgIpc) is 3.19. The number of H-pyrrole nitrogens is 1. The highest BCUT2D eigenvalue weighted by atomic mass is 32.2. The fraction of sp³-hybridized carbons (Fsp3) is 0.520. The number of aryl methyl sites for hydroxylation is 2. The van der Waals surface area contributed by atoms with Crippen LogP contribution in [0, 0.1) is 6.92 Å². The Morgan fingerprint density at radius 1 is 1.14 bits per heavy atom. The van der Waals surface area contributed by atoms with E-state index < -0.39 is 10.0 Å². The van der Waals surface area contributed by atoms with Gasteiger partial charge in [0.2, 0.25) is 10.0 Å². The van der Waals surface area contributed by atoms with Crippen LogP contribution in [0.3, 0.4) is 0 Å². The Morgan fingerprint density at radius 2 is 1.89 bits per heavy atom. The van der Waals surface area contributed by atoms with Crippen molar-refractivity contribution in [3.05, 3.63) is 45.9 Å². The first-order valence-corrected chi connectivity index (χ1v) is 14.0. The van der Waals surface area contributed by atoms with Crippen molar-refractivity contribution in [2.75, 3.05) is 45.9 Å². The Bertz CT molecular complexity index is 1370. The lowest BCUT2D eigenvalue weighted by Crippen LogP contribution is -2.48. The van der Waals surface area contributed by atoms with E-state index in [2.05, 4.69) is 16.8 Å². The highest BCUT2D eigenvalue weighted by molar-refractivity contribution is 7.89. The molecule has 1 fully saturated rings. The van der Waals surface area contributed by atoms with Crippen molar-refractivity contribution < 1.29 is 18.3 Å². The molecule has 36 heavy (non-hydrogen) atoms. The largest absolute Gasteiger partial charge is 0.493 e. The van der Waals surface area contributed by atoms with Crippen LogP contribution in [-0.4, -0.2) is 83.3 Å². The van der Waals surface area contributed by atoms with Gasteiger partial charge in [-0.05, 0) is 56.5 Å². The van der Waals surface area contributed by atoms with Gasteiger partial charge in [-0.1, -0.05) is 13.3 Å². The van der Waals surface area contributed by atoms with E-state index in [0.717, 1.165) is 30.6 Å². The summed E-state index contributed by atoms with van der Waals surface area (Å²) in [6, 6.07) is 6.68. The van der Waals surface area contributed by atoms with E-state index in [0.29, 0.717) is 56.0 Å². The number of fused-ring (bicyclic) bond motifs is 1. The van der Waals surface area contributed by atoms with Crippen LogP contribution in [0.15, 0.2) is 34.0 Å². The second-order valence-corrected chi connectivity index (χ2v) is 11.0. The molecule has 11 heteroatoms. The topological polar surface area (TPSA) is 120 Å². The molecule has 3 aromatic rings. The number of hydrogen-bond donors (Lipinski definition) is 2. The van der Waals surface area contributed by atoms with Crippen molar-refractivity contribution in [2.24, 2.45) is 0 Å². The maximum atomic E-state index is 13.5. The summed E-state index contributed by atoms with van der Waals surface area (Å²) in [6.45, 7) is 9.02. The van der Waals surface area contributed by atoms with Gasteiger partial charge in [-0.15, -0.1) is 5.10 Å². The molecule has 2 N–H and O–H groups in total. The molecule has 196 valence electrons. The van der Waals surface area contributed by atoms with Crippen molar-refractivity contribution >= 4 is 15.5 Å². The molecule has 0 atom stereocenters. The van der Waals surface area contributed by atoms with E-state index in [-0.39, 0.29) is 22.9 Å². The van der Waals surface area contributed by atoms with E-state index in [9.17, 15) is 13.2 Å². The molecule has 1 saturated heterocycles. The molecule has 0 unspecified atom stereocenters. The number of benzene rings is 1. The minimum absolute atomic E-state index is 0.123. The fourth-order valence-corrected chi connectivity index (χ4v) is 6.15. The molecule has 1 aromatic carbocycles. The molecule has 0 spiro atoms. The van der Waals surface area contributed by atoms with Crippen LogP contribution in [0.5, 0.6) is 5.75 Å². The standard InChI is InChI=1S/C25H35N5O5S/c1-4-7-19-16-18(3)23-25(32)26-24(27-30(19)23)21-17-20(8-9-22(21)35-5-2)36(33,34)29-13-11-28(12-14-29)10-6-15-31/h8-9,16-17,31H,4-7,10-15H2,1-3H3,(H,26,27,32). The molecule has 2 aromatic heterocycles. The van der Waals surface area contributed by atoms with Gasteiger partial charge in [-0.2, -0.15) is 4.31 Å². The first kappa shape index (κ1) is 26.3. The molecule has 0 bridgehead atoms. The van der Waals surface area contributed by atoms with Crippen molar-refractivity contribution in [3.63, 3.8) is 0 Å². The van der Waals surface area contributed by atoms with Gasteiger partial charge in [0.1, 0.15) is 11.3 Å². The summed E-state index contributed by atoms with van der Waals surface area (Å²) in [4.78, 5) is 18.1. The van der Waals surface area contributed by atoms with Crippen LogP contribution in [0.1, 0.15) is 37.9 Å². The number of piperazine rings is 1. The lowest BCUT2D eigenvalue weighted by Gasteiger charge is -2.33. The third-order valence-corrected chi connectivity index (χ3v) is 8.40. The summed E-state index contributed by atoms with van der Waals surface area (Å²) in [5, 5.41) is 13.8. The molecule has 3 heterocycles. The molecule has 0 amide bonds. The molecule has 10 nitrogen and oxygen atoms in total. The van der Waals surface area contributed by atoms with E-state index in [1.807, 2.05) is 19.9 Å². The normalized spacial score (nSPS) is 15.6. The molecule has 1 aliphatic heterocycles. The molecule has 0 aliphatic carbocycles. The van der Waals surface area contributed by atoms with Crippen molar-refractivity contribution in [2.45, 2.75) is 44.9 Å². The van der Waals surface area contributed by atoms with Crippen LogP contribution in [0.25, 0.3) is 16.9 Å². The summed E-state index contributed by atoms with van der Waals surface area (Å²) >= 11 is 0. The number of nitrogens with zero attached hydrogens (tertiary/aromatic N) is 4. The highest BCUT2D eigenvalue weighted by Gasteiger charge is 2.29. The van der Waals surface area contributed by atoms with Gasteiger partial charge in [-0.25, -0.2) is 12.9 Å². The van der Waals surface area contributed by atoms with Crippen LogP contribution in [0.2, 0.25) is 0 Å².